The normalized spacial score (nSPS) is 57.1. The third-order valence-electron chi connectivity index (χ3n) is 20.0. The quantitative estimate of drug-likeness (QED) is 0.0961. The first-order valence-corrected chi connectivity index (χ1v) is 27.0. The standard InChI is InChI=1S/C51H83NO21/c1-20-8-13-51(52-16-20)21(2)32-28(73-51)15-27-25-7-6-23-14-24(9-11-49(23,4)26(25)10-12-50(27,32)5)66-48-44(72-45-40(63)37(60)33(56)22(3)65-45)42(36(59)31(19-55)69-48)70-47-43(39(62)35(58)30(18-54)68-47)71-46-41(64)38(61)34(57)29(17-53)67-46/h6,20-22,24-48,52-64H,7-19H2,1-5H3/t20-,21?,22+,24+,25?,26?,27?,28?,29-,30-,31-,32?,33+,34-,35-,36+,37-,38+,39+,40-,41-,42+,43-,44-,45+,46+,47+,48-,49+,50+,51-/m1/s1. The Kier molecular flexibility index (Phi) is 16.0. The predicted octanol–water partition coefficient (Wildman–Crippen LogP) is -2.39. The molecular formula is C51H83NO21. The Balaban J connectivity index is 0.902. The molecule has 4 aliphatic carbocycles. The SMILES string of the molecule is CC1C2C(CC3C4CC=C5C[C@@H](O[C@@H]6O[C@H](CO)[C@H](O)[C@H](O[C@@H]7O[C@H](CO)[C@@H](O)[C@H](O)[C@H]7O[C@@H]7O[C@H](CO)[C@@H](O)[C@H](O)[C@H]7O)[C@H]6O[C@@H]6O[C@@H](C)[C@H](O)[C@@H](O)[C@H]6O)CC[C@]5(C)C4CC[C@@]32C)O[C@]12CC[C@@H](C)CN2. The van der Waals surface area contributed by atoms with Gasteiger partial charge in [-0.05, 0) is 105 Å². The minimum Gasteiger partial charge on any atom is -0.394 e. The van der Waals surface area contributed by atoms with Gasteiger partial charge in [-0.25, -0.2) is 0 Å². The minimum absolute atomic E-state index is 0.106. The Bertz CT molecular complexity index is 1930. The van der Waals surface area contributed by atoms with E-state index in [1.165, 1.54) is 18.9 Å². The summed E-state index contributed by atoms with van der Waals surface area (Å²) in [4.78, 5) is 0. The van der Waals surface area contributed by atoms with E-state index >= 15 is 0 Å². The fourth-order valence-electron chi connectivity index (χ4n) is 15.7. The average Bonchev–Trinajstić information content (AvgIpc) is 3.82. The summed E-state index contributed by atoms with van der Waals surface area (Å²) in [6, 6.07) is 0. The third-order valence-corrected chi connectivity index (χ3v) is 20.0. The topological polar surface area (TPSA) is 338 Å². The molecule has 13 N–H and O–H groups in total. The van der Waals surface area contributed by atoms with Crippen molar-refractivity contribution in [2.24, 2.45) is 46.3 Å². The monoisotopic (exact) mass is 1050 g/mol. The Morgan fingerprint density at radius 3 is 1.84 bits per heavy atom. The fraction of sp³-hybridized carbons (Fsp3) is 0.961. The summed E-state index contributed by atoms with van der Waals surface area (Å²) < 4.78 is 56.3. The average molecular weight is 1050 g/mol. The molecule has 3 saturated carbocycles. The van der Waals surface area contributed by atoms with E-state index in [4.69, 9.17) is 42.6 Å². The van der Waals surface area contributed by atoms with Gasteiger partial charge in [-0.3, -0.25) is 5.32 Å². The van der Waals surface area contributed by atoms with Gasteiger partial charge in [0.1, 0.15) is 97.3 Å². The van der Waals surface area contributed by atoms with Crippen molar-refractivity contribution < 1.29 is 104 Å². The zero-order valence-electron chi connectivity index (χ0n) is 42.5. The number of hydrogen-bond donors (Lipinski definition) is 13. The molecule has 6 heterocycles. The van der Waals surface area contributed by atoms with Crippen LogP contribution in [0.5, 0.6) is 0 Å². The second-order valence-corrected chi connectivity index (χ2v) is 24.0. The van der Waals surface area contributed by atoms with Gasteiger partial charge in [0, 0.05) is 12.5 Å². The fourth-order valence-corrected chi connectivity index (χ4v) is 15.7. The van der Waals surface area contributed by atoms with Crippen LogP contribution < -0.4 is 5.32 Å². The van der Waals surface area contributed by atoms with E-state index in [2.05, 4.69) is 39.1 Å². The molecule has 0 amide bonds. The Labute approximate surface area is 425 Å². The van der Waals surface area contributed by atoms with E-state index in [0.29, 0.717) is 48.3 Å². The molecule has 0 radical (unpaired) electrons. The van der Waals surface area contributed by atoms with Crippen molar-refractivity contribution in [2.45, 2.75) is 233 Å². The number of piperidine rings is 1. The first-order chi connectivity index (χ1) is 34.7. The second kappa shape index (κ2) is 21.2. The summed E-state index contributed by atoms with van der Waals surface area (Å²) in [7, 11) is 0. The van der Waals surface area contributed by atoms with Gasteiger partial charge in [-0.1, -0.05) is 39.3 Å². The number of rotatable bonds is 11. The zero-order chi connectivity index (χ0) is 52.2. The molecule has 0 aromatic rings. The van der Waals surface area contributed by atoms with Crippen molar-refractivity contribution in [3.8, 4) is 0 Å². The van der Waals surface area contributed by atoms with E-state index in [1.54, 1.807) is 0 Å². The van der Waals surface area contributed by atoms with Crippen molar-refractivity contribution in [1.82, 2.24) is 5.32 Å². The number of allylic oxidation sites excluding steroid dienone is 1. The molecule has 0 bridgehead atoms. The van der Waals surface area contributed by atoms with Crippen LogP contribution in [0.3, 0.4) is 0 Å². The lowest BCUT2D eigenvalue weighted by atomic mass is 9.47. The molecule has 10 aliphatic rings. The van der Waals surface area contributed by atoms with Gasteiger partial charge in [0.15, 0.2) is 25.2 Å². The van der Waals surface area contributed by atoms with E-state index in [-0.39, 0.29) is 22.7 Å². The van der Waals surface area contributed by atoms with Crippen LogP contribution in [0.2, 0.25) is 0 Å². The highest BCUT2D eigenvalue weighted by molar-refractivity contribution is 5.27. The summed E-state index contributed by atoms with van der Waals surface area (Å²) in [6.45, 7) is 9.66. The maximum absolute atomic E-state index is 12.0. The first kappa shape index (κ1) is 55.2. The minimum atomic E-state index is -1.97. The van der Waals surface area contributed by atoms with Gasteiger partial charge >= 0.3 is 0 Å². The van der Waals surface area contributed by atoms with E-state index in [1.807, 2.05) is 0 Å². The summed E-state index contributed by atoms with van der Waals surface area (Å²) >= 11 is 0. The van der Waals surface area contributed by atoms with Crippen LogP contribution in [0.1, 0.15) is 92.4 Å². The highest BCUT2D eigenvalue weighted by Crippen LogP contribution is 2.70. The summed E-state index contributed by atoms with van der Waals surface area (Å²) in [5.41, 5.74) is 1.11. The number of nitrogens with one attached hydrogen (secondary N) is 1. The van der Waals surface area contributed by atoms with Gasteiger partial charge in [0.2, 0.25) is 0 Å². The lowest BCUT2D eigenvalue weighted by molar-refractivity contribution is -0.406. The zero-order valence-corrected chi connectivity index (χ0v) is 42.5. The molecule has 6 saturated heterocycles. The second-order valence-electron chi connectivity index (χ2n) is 24.0. The Morgan fingerprint density at radius 1 is 0.589 bits per heavy atom. The molecule has 22 nitrogen and oxygen atoms in total. The molecule has 73 heavy (non-hydrogen) atoms. The Morgan fingerprint density at radius 2 is 1.18 bits per heavy atom. The van der Waals surface area contributed by atoms with Crippen LogP contribution >= 0.6 is 0 Å². The summed E-state index contributed by atoms with van der Waals surface area (Å²) in [5, 5.41) is 134. The smallest absolute Gasteiger partial charge is 0.187 e. The van der Waals surface area contributed by atoms with E-state index in [9.17, 15) is 61.3 Å². The highest BCUT2D eigenvalue weighted by atomic mass is 16.8. The number of fused-ring (bicyclic) bond motifs is 7. The molecule has 31 atom stereocenters. The lowest BCUT2D eigenvalue weighted by Gasteiger charge is -2.59. The number of ether oxygens (including phenoxy) is 9. The maximum Gasteiger partial charge on any atom is 0.187 e. The largest absolute Gasteiger partial charge is 0.394 e. The molecule has 9 fully saturated rings. The molecule has 10 rings (SSSR count). The van der Waals surface area contributed by atoms with Crippen LogP contribution in [0.15, 0.2) is 11.6 Å². The van der Waals surface area contributed by atoms with Crippen LogP contribution in [-0.2, 0) is 42.6 Å². The molecular weight excluding hydrogens is 963 g/mol. The molecule has 22 heteroatoms. The van der Waals surface area contributed by atoms with Gasteiger partial charge in [-0.2, -0.15) is 0 Å². The van der Waals surface area contributed by atoms with Gasteiger partial charge in [0.25, 0.3) is 0 Å². The molecule has 0 aromatic carbocycles. The third kappa shape index (κ3) is 9.42. The van der Waals surface area contributed by atoms with Crippen LogP contribution in [0.25, 0.3) is 0 Å². The highest BCUT2D eigenvalue weighted by Gasteiger charge is 2.68. The maximum atomic E-state index is 12.0. The molecule has 418 valence electrons. The van der Waals surface area contributed by atoms with E-state index in [0.717, 1.165) is 45.1 Å². The van der Waals surface area contributed by atoms with Crippen molar-refractivity contribution in [3.63, 3.8) is 0 Å². The van der Waals surface area contributed by atoms with Crippen molar-refractivity contribution >= 4 is 0 Å². The van der Waals surface area contributed by atoms with Gasteiger partial charge in [0.05, 0.1) is 38.1 Å². The number of aliphatic hydroxyl groups excluding tert-OH is 12. The first-order valence-electron chi connectivity index (χ1n) is 27.0. The lowest BCUT2D eigenvalue weighted by Crippen LogP contribution is -2.68. The van der Waals surface area contributed by atoms with Crippen molar-refractivity contribution in [1.29, 1.82) is 0 Å². The van der Waals surface area contributed by atoms with Crippen LogP contribution in [-0.4, -0.2) is 228 Å². The van der Waals surface area contributed by atoms with Crippen LogP contribution in [0, 0.1) is 46.3 Å². The van der Waals surface area contributed by atoms with Crippen LogP contribution in [0.4, 0.5) is 0 Å². The van der Waals surface area contributed by atoms with Gasteiger partial charge < -0.3 is 104 Å². The number of aliphatic hydroxyl groups is 12. The Hall–Kier alpha value is -1.14. The molecule has 0 aromatic heterocycles. The van der Waals surface area contributed by atoms with Crippen molar-refractivity contribution in [2.75, 3.05) is 26.4 Å². The summed E-state index contributed by atoms with van der Waals surface area (Å²) in [5.74, 6) is 3.06. The molecule has 1 spiro atoms. The molecule has 6 aliphatic heterocycles. The predicted molar refractivity (Wildman–Crippen MR) is 249 cm³/mol. The van der Waals surface area contributed by atoms with Gasteiger partial charge in [-0.15, -0.1) is 0 Å². The number of hydrogen-bond acceptors (Lipinski definition) is 22. The van der Waals surface area contributed by atoms with Crippen molar-refractivity contribution in [3.05, 3.63) is 11.6 Å². The molecule has 6 unspecified atom stereocenters. The summed E-state index contributed by atoms with van der Waals surface area (Å²) in [6.07, 6.45) is -23.4. The van der Waals surface area contributed by atoms with E-state index < -0.39 is 149 Å².